The molecule has 0 bridgehead atoms. The van der Waals surface area contributed by atoms with Gasteiger partial charge in [0.1, 0.15) is 5.82 Å². The van der Waals surface area contributed by atoms with E-state index in [-0.39, 0.29) is 5.84 Å². The molecule has 1 aromatic rings. The maximum absolute atomic E-state index is 8.88. The number of nitrogens with two attached hydrogens (primary N) is 1. The van der Waals surface area contributed by atoms with Crippen molar-refractivity contribution in [3.05, 3.63) is 23.4 Å². The Morgan fingerprint density at radius 3 is 2.74 bits per heavy atom. The van der Waals surface area contributed by atoms with Crippen LogP contribution in [0.2, 0.25) is 0 Å². The average Bonchev–Trinajstić information content (AvgIpc) is 2.46. The number of rotatable bonds is 3. The largest absolute Gasteiger partial charge is 0.409 e. The molecule has 0 radical (unpaired) electrons. The van der Waals surface area contributed by atoms with Crippen LogP contribution < -0.4 is 10.6 Å². The van der Waals surface area contributed by atoms with Crippen molar-refractivity contribution < 1.29 is 5.21 Å². The van der Waals surface area contributed by atoms with Gasteiger partial charge in [-0.1, -0.05) is 18.5 Å². The maximum atomic E-state index is 8.88. The van der Waals surface area contributed by atoms with Crippen molar-refractivity contribution in [3.63, 3.8) is 0 Å². The normalized spacial score (nSPS) is 17.8. The quantitative estimate of drug-likeness (QED) is 0.378. The topological polar surface area (TPSA) is 74.7 Å². The lowest BCUT2D eigenvalue weighted by molar-refractivity contribution is 0.318. The highest BCUT2D eigenvalue weighted by Crippen LogP contribution is 2.26. The fourth-order valence-electron chi connectivity index (χ4n) is 2.59. The van der Waals surface area contributed by atoms with Crippen LogP contribution in [0.1, 0.15) is 37.4 Å². The fourth-order valence-corrected chi connectivity index (χ4v) is 2.59. The highest BCUT2D eigenvalue weighted by Gasteiger charge is 2.22. The highest BCUT2D eigenvalue weighted by atomic mass is 16.4. The third kappa shape index (κ3) is 2.97. The first-order valence-electron chi connectivity index (χ1n) is 6.86. The molecule has 1 aliphatic heterocycles. The Hall–Kier alpha value is -1.78. The number of piperidine rings is 1. The molecule has 0 atom stereocenters. The Kier molecular flexibility index (Phi) is 4.24. The van der Waals surface area contributed by atoms with Crippen molar-refractivity contribution in [1.29, 1.82) is 0 Å². The lowest BCUT2D eigenvalue weighted by Crippen LogP contribution is -2.35. The number of oxime groups is 1. The molecule has 1 aliphatic rings. The first kappa shape index (κ1) is 13.6. The Balaban J connectivity index is 2.26. The fraction of sp³-hybridized carbons (Fsp3) is 0.571. The molecular formula is C14H22N4O. The molecule has 19 heavy (non-hydrogen) atoms. The zero-order chi connectivity index (χ0) is 13.8. The minimum Gasteiger partial charge on any atom is -0.409 e. The molecule has 0 spiro atoms. The van der Waals surface area contributed by atoms with Crippen LogP contribution in [0.5, 0.6) is 0 Å². The summed E-state index contributed by atoms with van der Waals surface area (Å²) in [7, 11) is 0. The van der Waals surface area contributed by atoms with Crippen LogP contribution in [-0.2, 0) is 0 Å². The van der Waals surface area contributed by atoms with E-state index in [0.29, 0.717) is 5.56 Å². The van der Waals surface area contributed by atoms with Crippen molar-refractivity contribution in [2.75, 3.05) is 18.0 Å². The van der Waals surface area contributed by atoms with Crippen molar-refractivity contribution in [1.82, 2.24) is 4.98 Å². The predicted octanol–water partition coefficient (Wildman–Crippen LogP) is 2.11. The molecule has 1 fully saturated rings. The summed E-state index contributed by atoms with van der Waals surface area (Å²) in [6, 6.07) is 3.76. The molecule has 5 nitrogen and oxygen atoms in total. The summed E-state index contributed by atoms with van der Waals surface area (Å²) in [5.41, 5.74) is 7.40. The van der Waals surface area contributed by atoms with E-state index in [1.807, 2.05) is 19.1 Å². The molecule has 1 aromatic heterocycles. The second-order valence-electron chi connectivity index (χ2n) is 5.15. The summed E-state index contributed by atoms with van der Waals surface area (Å²) in [5, 5.41) is 12.0. The van der Waals surface area contributed by atoms with E-state index < -0.39 is 0 Å². The Morgan fingerprint density at radius 1 is 1.47 bits per heavy atom. The molecule has 0 saturated carbocycles. The molecule has 0 aromatic carbocycles. The van der Waals surface area contributed by atoms with E-state index in [0.717, 1.165) is 30.5 Å². The van der Waals surface area contributed by atoms with Crippen molar-refractivity contribution in [3.8, 4) is 0 Å². The number of aromatic nitrogens is 1. The van der Waals surface area contributed by atoms with Crippen LogP contribution in [-0.4, -0.2) is 29.1 Å². The molecule has 1 saturated heterocycles. The van der Waals surface area contributed by atoms with E-state index in [1.54, 1.807) is 0 Å². The first-order chi connectivity index (χ1) is 9.15. The highest BCUT2D eigenvalue weighted by molar-refractivity contribution is 6.01. The number of amidine groups is 1. The second kappa shape index (κ2) is 5.91. The van der Waals surface area contributed by atoms with Crippen molar-refractivity contribution in [2.24, 2.45) is 16.8 Å². The number of pyridine rings is 1. The third-order valence-corrected chi connectivity index (χ3v) is 3.89. The third-order valence-electron chi connectivity index (χ3n) is 3.89. The number of anilines is 1. The average molecular weight is 262 g/mol. The van der Waals surface area contributed by atoms with Gasteiger partial charge in [0.2, 0.25) is 0 Å². The SMILES string of the molecule is CCC1CCN(c2nc(C)ccc2C(N)=NO)CC1. The summed E-state index contributed by atoms with van der Waals surface area (Å²) in [4.78, 5) is 6.81. The van der Waals surface area contributed by atoms with Gasteiger partial charge in [0.05, 0.1) is 5.56 Å². The summed E-state index contributed by atoms with van der Waals surface area (Å²) in [6.07, 6.45) is 3.60. The lowest BCUT2D eigenvalue weighted by Gasteiger charge is -2.33. The van der Waals surface area contributed by atoms with E-state index in [2.05, 4.69) is 22.0 Å². The molecule has 2 rings (SSSR count). The summed E-state index contributed by atoms with van der Waals surface area (Å²) in [5.74, 6) is 1.78. The monoisotopic (exact) mass is 262 g/mol. The smallest absolute Gasteiger partial charge is 0.173 e. The van der Waals surface area contributed by atoms with Crippen molar-refractivity contribution in [2.45, 2.75) is 33.1 Å². The van der Waals surface area contributed by atoms with Gasteiger partial charge in [0, 0.05) is 18.8 Å². The first-order valence-corrected chi connectivity index (χ1v) is 6.86. The molecule has 0 aliphatic carbocycles. The molecule has 2 heterocycles. The summed E-state index contributed by atoms with van der Waals surface area (Å²) < 4.78 is 0. The predicted molar refractivity (Wildman–Crippen MR) is 76.7 cm³/mol. The lowest BCUT2D eigenvalue weighted by atomic mass is 9.94. The van der Waals surface area contributed by atoms with Gasteiger partial charge in [-0.25, -0.2) is 4.98 Å². The van der Waals surface area contributed by atoms with Gasteiger partial charge in [-0.2, -0.15) is 0 Å². The summed E-state index contributed by atoms with van der Waals surface area (Å²) in [6.45, 7) is 6.17. The van der Waals surface area contributed by atoms with Gasteiger partial charge in [-0.3, -0.25) is 0 Å². The minimum absolute atomic E-state index is 0.125. The van der Waals surface area contributed by atoms with Crippen LogP contribution in [0.25, 0.3) is 0 Å². The molecule has 0 amide bonds. The molecule has 104 valence electrons. The summed E-state index contributed by atoms with van der Waals surface area (Å²) >= 11 is 0. The number of aryl methyl sites for hydroxylation is 1. The second-order valence-corrected chi connectivity index (χ2v) is 5.15. The molecule has 3 N–H and O–H groups in total. The van der Waals surface area contributed by atoms with Crippen molar-refractivity contribution >= 4 is 11.7 Å². The number of hydrogen-bond acceptors (Lipinski definition) is 4. The van der Waals surface area contributed by atoms with Gasteiger partial charge in [-0.15, -0.1) is 0 Å². The Bertz CT molecular complexity index is 465. The van der Waals surface area contributed by atoms with E-state index in [1.165, 1.54) is 19.3 Å². The molecular weight excluding hydrogens is 240 g/mol. The van der Waals surface area contributed by atoms with Crippen LogP contribution in [0.4, 0.5) is 5.82 Å². The van der Waals surface area contributed by atoms with E-state index >= 15 is 0 Å². The van der Waals surface area contributed by atoms with Gasteiger partial charge >= 0.3 is 0 Å². The van der Waals surface area contributed by atoms with Gasteiger partial charge in [-0.05, 0) is 37.8 Å². The Labute approximate surface area is 114 Å². The van der Waals surface area contributed by atoms with Crippen LogP contribution in [0.3, 0.4) is 0 Å². The van der Waals surface area contributed by atoms with Gasteiger partial charge in [0.15, 0.2) is 5.84 Å². The van der Waals surface area contributed by atoms with Gasteiger partial charge < -0.3 is 15.8 Å². The number of nitrogens with zero attached hydrogens (tertiary/aromatic N) is 3. The van der Waals surface area contributed by atoms with Crippen LogP contribution in [0, 0.1) is 12.8 Å². The van der Waals surface area contributed by atoms with E-state index in [9.17, 15) is 0 Å². The maximum Gasteiger partial charge on any atom is 0.173 e. The zero-order valence-electron chi connectivity index (χ0n) is 11.6. The molecule has 5 heteroatoms. The van der Waals surface area contributed by atoms with Crippen LogP contribution in [0.15, 0.2) is 17.3 Å². The minimum atomic E-state index is 0.125. The standard InChI is InChI=1S/C14H22N4O/c1-3-11-6-8-18(9-7-11)14-12(13(15)17-19)5-4-10(2)16-14/h4-5,11,19H,3,6-9H2,1-2H3,(H2,15,17). The number of hydrogen-bond donors (Lipinski definition) is 2. The molecule has 0 unspecified atom stereocenters. The van der Waals surface area contributed by atoms with E-state index in [4.69, 9.17) is 10.9 Å². The zero-order valence-corrected chi connectivity index (χ0v) is 11.6. The Morgan fingerprint density at radius 2 is 2.16 bits per heavy atom. The van der Waals surface area contributed by atoms with Gasteiger partial charge in [0.25, 0.3) is 0 Å². The van der Waals surface area contributed by atoms with Crippen LogP contribution >= 0.6 is 0 Å².